The summed E-state index contributed by atoms with van der Waals surface area (Å²) in [6.07, 6.45) is 2.47. The van der Waals surface area contributed by atoms with E-state index in [0.717, 1.165) is 11.1 Å². The molecule has 0 aliphatic heterocycles. The number of carbonyl (C=O) groups excluding carboxylic acids is 1. The van der Waals surface area contributed by atoms with Crippen LogP contribution in [0.25, 0.3) is 10.8 Å². The minimum atomic E-state index is -0.384. The molecule has 0 aromatic heterocycles. The Labute approximate surface area is 147 Å². The molecule has 0 bridgehead atoms. The molecule has 1 amide bonds. The molecule has 0 spiro atoms. The summed E-state index contributed by atoms with van der Waals surface area (Å²) in [5.41, 5.74) is 2.55. The van der Waals surface area contributed by atoms with Crippen molar-refractivity contribution < 1.29 is 9.18 Å². The Morgan fingerprint density at radius 2 is 1.79 bits per heavy atom. The summed E-state index contributed by atoms with van der Waals surface area (Å²) in [5, 5.41) is 5.18. The second-order valence-corrected chi connectivity index (χ2v) is 6.96. The fourth-order valence-corrected chi connectivity index (χ4v) is 3.40. The molecule has 0 atom stereocenters. The van der Waals surface area contributed by atoms with Crippen molar-refractivity contribution in [2.75, 3.05) is 5.32 Å². The van der Waals surface area contributed by atoms with Crippen LogP contribution in [0.15, 0.2) is 59.1 Å². The van der Waals surface area contributed by atoms with E-state index in [-0.39, 0.29) is 16.2 Å². The normalized spacial score (nSPS) is 13.9. The first kappa shape index (κ1) is 15.3. The number of benzene rings is 3. The molecule has 0 heterocycles. The maximum atomic E-state index is 13.3. The Bertz CT molecular complexity index is 950. The summed E-state index contributed by atoms with van der Waals surface area (Å²) in [7, 11) is 0. The number of nitrogens with one attached hydrogen (secondary N) is 1. The average molecular weight is 384 g/mol. The first-order chi connectivity index (χ1) is 11.6. The first-order valence-corrected chi connectivity index (χ1v) is 8.71. The zero-order valence-corrected chi connectivity index (χ0v) is 14.4. The minimum absolute atomic E-state index is 0.250. The largest absolute Gasteiger partial charge is 0.321 e. The lowest BCUT2D eigenvalue weighted by molar-refractivity contribution is 0.102. The van der Waals surface area contributed by atoms with Crippen LogP contribution >= 0.6 is 15.9 Å². The van der Waals surface area contributed by atoms with E-state index in [4.69, 9.17) is 0 Å². The quantitative estimate of drug-likeness (QED) is 0.601. The summed E-state index contributed by atoms with van der Waals surface area (Å²) >= 11 is 3.12. The van der Waals surface area contributed by atoms with Crippen molar-refractivity contribution in [1.29, 1.82) is 0 Å². The number of hydrogen-bond donors (Lipinski definition) is 1. The SMILES string of the molecule is O=C(Nc1cccc2c(C3CC3)cccc12)c1ccc(F)c(Br)c1. The fourth-order valence-electron chi connectivity index (χ4n) is 3.03. The number of rotatable bonds is 3. The topological polar surface area (TPSA) is 29.1 Å². The van der Waals surface area contributed by atoms with Gasteiger partial charge in [0.25, 0.3) is 5.91 Å². The summed E-state index contributed by atoms with van der Waals surface area (Å²) in [5.74, 6) is 0.0125. The van der Waals surface area contributed by atoms with Gasteiger partial charge in [0.2, 0.25) is 0 Å². The van der Waals surface area contributed by atoms with Gasteiger partial charge >= 0.3 is 0 Å². The zero-order chi connectivity index (χ0) is 16.7. The van der Waals surface area contributed by atoms with Gasteiger partial charge in [0, 0.05) is 16.6 Å². The van der Waals surface area contributed by atoms with E-state index >= 15 is 0 Å². The standard InChI is InChI=1S/C20H15BrFNO/c21-17-11-13(9-10-18(17)22)20(24)23-19-6-2-4-15-14(12-7-8-12)3-1-5-16(15)19/h1-6,9-12H,7-8H2,(H,23,24). The van der Waals surface area contributed by atoms with Crippen molar-refractivity contribution in [1.82, 2.24) is 0 Å². The van der Waals surface area contributed by atoms with Crippen molar-refractivity contribution in [2.24, 2.45) is 0 Å². The van der Waals surface area contributed by atoms with Crippen LogP contribution in [0.2, 0.25) is 0 Å². The maximum Gasteiger partial charge on any atom is 0.255 e. The third-order valence-electron chi connectivity index (χ3n) is 4.40. The lowest BCUT2D eigenvalue weighted by Gasteiger charge is -2.12. The second-order valence-electron chi connectivity index (χ2n) is 6.11. The van der Waals surface area contributed by atoms with E-state index in [9.17, 15) is 9.18 Å². The molecular formula is C20H15BrFNO. The van der Waals surface area contributed by atoms with Gasteiger partial charge in [-0.1, -0.05) is 30.3 Å². The maximum absolute atomic E-state index is 13.3. The molecule has 1 N–H and O–H groups in total. The van der Waals surface area contributed by atoms with E-state index < -0.39 is 0 Å². The lowest BCUT2D eigenvalue weighted by Crippen LogP contribution is -2.12. The molecule has 2 nitrogen and oxygen atoms in total. The molecule has 4 heteroatoms. The highest BCUT2D eigenvalue weighted by Gasteiger charge is 2.25. The van der Waals surface area contributed by atoms with Gasteiger partial charge in [-0.05, 0) is 69.9 Å². The molecule has 120 valence electrons. The summed E-state index contributed by atoms with van der Waals surface area (Å²) < 4.78 is 13.6. The van der Waals surface area contributed by atoms with E-state index in [1.54, 1.807) is 0 Å². The van der Waals surface area contributed by atoms with Crippen LogP contribution in [0, 0.1) is 5.82 Å². The van der Waals surface area contributed by atoms with Crippen molar-refractivity contribution in [3.05, 3.63) is 76.0 Å². The highest BCUT2D eigenvalue weighted by atomic mass is 79.9. The molecule has 4 rings (SSSR count). The molecular weight excluding hydrogens is 369 g/mol. The molecule has 0 radical (unpaired) electrons. The van der Waals surface area contributed by atoms with Crippen molar-refractivity contribution in [3.63, 3.8) is 0 Å². The van der Waals surface area contributed by atoms with E-state index in [0.29, 0.717) is 11.5 Å². The smallest absolute Gasteiger partial charge is 0.255 e. The summed E-state index contributed by atoms with van der Waals surface area (Å²) in [6.45, 7) is 0. The van der Waals surface area contributed by atoms with Crippen LogP contribution in [0.3, 0.4) is 0 Å². The molecule has 3 aromatic carbocycles. The van der Waals surface area contributed by atoms with Gasteiger partial charge < -0.3 is 5.32 Å². The van der Waals surface area contributed by atoms with Gasteiger partial charge in [0.15, 0.2) is 0 Å². The highest BCUT2D eigenvalue weighted by Crippen LogP contribution is 2.43. The van der Waals surface area contributed by atoms with Crippen LogP contribution in [-0.2, 0) is 0 Å². The minimum Gasteiger partial charge on any atom is -0.321 e. The highest BCUT2D eigenvalue weighted by molar-refractivity contribution is 9.10. The fraction of sp³-hybridized carbons (Fsp3) is 0.150. The number of amides is 1. The van der Waals surface area contributed by atoms with E-state index in [1.165, 1.54) is 42.0 Å². The van der Waals surface area contributed by atoms with Crippen LogP contribution in [0.5, 0.6) is 0 Å². The van der Waals surface area contributed by atoms with Crippen LogP contribution < -0.4 is 5.32 Å². The van der Waals surface area contributed by atoms with Crippen molar-refractivity contribution in [2.45, 2.75) is 18.8 Å². The molecule has 1 fully saturated rings. The van der Waals surface area contributed by atoms with E-state index in [1.807, 2.05) is 24.3 Å². The van der Waals surface area contributed by atoms with Gasteiger partial charge in [-0.3, -0.25) is 4.79 Å². The monoisotopic (exact) mass is 383 g/mol. The Hall–Kier alpha value is -2.20. The predicted molar refractivity (Wildman–Crippen MR) is 98.0 cm³/mol. The lowest BCUT2D eigenvalue weighted by atomic mass is 10.00. The summed E-state index contributed by atoms with van der Waals surface area (Å²) in [4.78, 5) is 12.5. The van der Waals surface area contributed by atoms with Gasteiger partial charge in [-0.25, -0.2) is 4.39 Å². The Balaban J connectivity index is 1.70. The molecule has 0 unspecified atom stereocenters. The van der Waals surface area contributed by atoms with E-state index in [2.05, 4.69) is 33.4 Å². The first-order valence-electron chi connectivity index (χ1n) is 7.91. The Morgan fingerprint density at radius 1 is 1.04 bits per heavy atom. The summed E-state index contributed by atoms with van der Waals surface area (Å²) in [6, 6.07) is 16.5. The number of carbonyl (C=O) groups is 1. The number of hydrogen-bond acceptors (Lipinski definition) is 1. The molecule has 1 saturated carbocycles. The van der Waals surface area contributed by atoms with Crippen molar-refractivity contribution in [3.8, 4) is 0 Å². The molecule has 24 heavy (non-hydrogen) atoms. The second kappa shape index (κ2) is 6.02. The number of fused-ring (bicyclic) bond motifs is 1. The molecule has 1 aliphatic rings. The third-order valence-corrected chi connectivity index (χ3v) is 5.01. The van der Waals surface area contributed by atoms with Gasteiger partial charge in [0.1, 0.15) is 5.82 Å². The third kappa shape index (κ3) is 2.82. The average Bonchev–Trinajstić information content (AvgIpc) is 3.42. The Morgan fingerprint density at radius 3 is 2.54 bits per heavy atom. The number of anilines is 1. The molecule has 1 aliphatic carbocycles. The van der Waals surface area contributed by atoms with Crippen LogP contribution in [0.4, 0.5) is 10.1 Å². The Kier molecular flexibility index (Phi) is 3.85. The van der Waals surface area contributed by atoms with Crippen molar-refractivity contribution >= 4 is 38.3 Å². The van der Waals surface area contributed by atoms with Gasteiger partial charge in [-0.2, -0.15) is 0 Å². The number of halogens is 2. The van der Waals surface area contributed by atoms with Crippen LogP contribution in [-0.4, -0.2) is 5.91 Å². The predicted octanol–water partition coefficient (Wildman–Crippen LogP) is 5.87. The van der Waals surface area contributed by atoms with Gasteiger partial charge in [0.05, 0.1) is 4.47 Å². The van der Waals surface area contributed by atoms with Crippen LogP contribution in [0.1, 0.15) is 34.7 Å². The molecule has 3 aromatic rings. The van der Waals surface area contributed by atoms with Gasteiger partial charge in [-0.15, -0.1) is 0 Å². The molecule has 0 saturated heterocycles. The zero-order valence-electron chi connectivity index (χ0n) is 12.9.